The van der Waals surface area contributed by atoms with E-state index in [1.54, 1.807) is 6.07 Å². The van der Waals surface area contributed by atoms with Crippen LogP contribution >= 0.6 is 15.9 Å². The lowest BCUT2D eigenvalue weighted by atomic mass is 10.0. The van der Waals surface area contributed by atoms with Crippen molar-refractivity contribution in [3.05, 3.63) is 32.8 Å². The molecule has 21 heavy (non-hydrogen) atoms. The maximum absolute atomic E-state index is 12.4. The van der Waals surface area contributed by atoms with Gasteiger partial charge in [-0.3, -0.25) is 14.3 Å². The molecule has 0 radical (unpaired) electrons. The summed E-state index contributed by atoms with van der Waals surface area (Å²) >= 11 is 3.28. The van der Waals surface area contributed by atoms with Crippen molar-refractivity contribution >= 4 is 38.1 Å². The average molecular weight is 375 g/mol. The number of anilines is 1. The number of rotatable bonds is 4. The van der Waals surface area contributed by atoms with Gasteiger partial charge in [0, 0.05) is 40.2 Å². The first-order valence-corrected chi connectivity index (χ1v) is 9.12. The summed E-state index contributed by atoms with van der Waals surface area (Å²) in [5, 5.41) is 11.3. The Balaban J connectivity index is 2.39. The molecule has 0 aliphatic carbocycles. The maximum Gasteiger partial charge on any atom is 0.293 e. The Hall–Kier alpha value is -0.950. The first kappa shape index (κ1) is 16.4. The van der Waals surface area contributed by atoms with E-state index in [-0.39, 0.29) is 15.4 Å². The highest BCUT2D eigenvalue weighted by Gasteiger charge is 2.40. The maximum atomic E-state index is 12.4. The van der Waals surface area contributed by atoms with Gasteiger partial charge in [0.05, 0.1) is 9.67 Å². The minimum atomic E-state index is -0.874. The number of nitro benzene ring substituents is 1. The fourth-order valence-corrected chi connectivity index (χ4v) is 4.93. The summed E-state index contributed by atoms with van der Waals surface area (Å²) in [6.07, 6.45) is 1.63. The summed E-state index contributed by atoms with van der Waals surface area (Å²) in [6.45, 7) is 5.29. The SMILES string of the molecule is CCC1(CC)CN(c2ccc(Br)cc2[N+](=O)[O-])CCS1=O. The molecule has 0 N–H and O–H groups in total. The van der Waals surface area contributed by atoms with Crippen LogP contribution in [0.5, 0.6) is 0 Å². The molecule has 1 aliphatic rings. The molecule has 1 unspecified atom stereocenters. The normalized spacial score (nSPS) is 21.3. The van der Waals surface area contributed by atoms with Crippen LogP contribution < -0.4 is 4.90 Å². The van der Waals surface area contributed by atoms with Gasteiger partial charge >= 0.3 is 0 Å². The van der Waals surface area contributed by atoms with E-state index in [4.69, 9.17) is 0 Å². The van der Waals surface area contributed by atoms with Gasteiger partial charge in [-0.05, 0) is 25.0 Å². The van der Waals surface area contributed by atoms with Crippen LogP contribution in [0, 0.1) is 10.1 Å². The minimum Gasteiger partial charge on any atom is -0.364 e. The topological polar surface area (TPSA) is 63.4 Å². The summed E-state index contributed by atoms with van der Waals surface area (Å²) in [6, 6.07) is 5.11. The number of halogens is 1. The lowest BCUT2D eigenvalue weighted by molar-refractivity contribution is -0.384. The molecule has 1 aromatic rings. The zero-order valence-corrected chi connectivity index (χ0v) is 14.6. The Labute approximate surface area is 135 Å². The molecular weight excluding hydrogens is 356 g/mol. The van der Waals surface area contributed by atoms with E-state index in [0.29, 0.717) is 29.0 Å². The van der Waals surface area contributed by atoms with Crippen molar-refractivity contribution < 1.29 is 9.13 Å². The van der Waals surface area contributed by atoms with Gasteiger partial charge in [-0.15, -0.1) is 0 Å². The average Bonchev–Trinajstić information content (AvgIpc) is 2.48. The van der Waals surface area contributed by atoms with Crippen molar-refractivity contribution in [2.24, 2.45) is 0 Å². The second kappa shape index (κ2) is 6.44. The number of nitrogens with zero attached hydrogens (tertiary/aromatic N) is 2. The third-order valence-corrected chi connectivity index (χ3v) is 6.99. The van der Waals surface area contributed by atoms with E-state index in [9.17, 15) is 14.3 Å². The summed E-state index contributed by atoms with van der Waals surface area (Å²) in [7, 11) is -0.874. The molecule has 0 bridgehead atoms. The molecule has 0 amide bonds. The van der Waals surface area contributed by atoms with Gasteiger partial charge < -0.3 is 4.90 Å². The molecule has 1 atom stereocenters. The molecule has 1 aliphatic heterocycles. The fraction of sp³-hybridized carbons (Fsp3) is 0.571. The largest absolute Gasteiger partial charge is 0.364 e. The van der Waals surface area contributed by atoms with E-state index in [1.165, 1.54) is 6.07 Å². The molecule has 1 saturated heterocycles. The van der Waals surface area contributed by atoms with Crippen LogP contribution in [0.1, 0.15) is 26.7 Å². The molecule has 2 rings (SSSR count). The Morgan fingerprint density at radius 2 is 2.10 bits per heavy atom. The van der Waals surface area contributed by atoms with Crippen LogP contribution in [0.4, 0.5) is 11.4 Å². The standard InChI is InChI=1S/C14H19BrN2O3S/c1-3-14(4-2)10-16(7-8-21(14)20)12-6-5-11(15)9-13(12)17(18)19/h5-6,9H,3-4,7-8,10H2,1-2H3. The Morgan fingerprint density at radius 1 is 1.43 bits per heavy atom. The fourth-order valence-electron chi connectivity index (χ4n) is 2.82. The van der Waals surface area contributed by atoms with E-state index in [2.05, 4.69) is 15.9 Å². The zero-order chi connectivity index (χ0) is 15.6. The third-order valence-electron chi connectivity index (χ3n) is 4.27. The highest BCUT2D eigenvalue weighted by Crippen LogP contribution is 2.36. The van der Waals surface area contributed by atoms with Gasteiger partial charge in [-0.1, -0.05) is 29.8 Å². The second-order valence-corrected chi connectivity index (χ2v) is 8.13. The molecule has 1 fully saturated rings. The van der Waals surface area contributed by atoms with Crippen LogP contribution in [0.3, 0.4) is 0 Å². The Morgan fingerprint density at radius 3 is 2.67 bits per heavy atom. The Kier molecular flexibility index (Phi) is 5.03. The second-order valence-electron chi connectivity index (χ2n) is 5.25. The monoisotopic (exact) mass is 374 g/mol. The number of nitro groups is 1. The van der Waals surface area contributed by atoms with Crippen molar-refractivity contribution in [3.8, 4) is 0 Å². The lowest BCUT2D eigenvalue weighted by Crippen LogP contribution is -2.53. The number of hydrogen-bond donors (Lipinski definition) is 0. The minimum absolute atomic E-state index is 0.0955. The van der Waals surface area contributed by atoms with Crippen LogP contribution in [0.15, 0.2) is 22.7 Å². The molecule has 1 heterocycles. The summed E-state index contributed by atoms with van der Waals surface area (Å²) in [5.74, 6) is 0.564. The van der Waals surface area contributed by atoms with Gasteiger partial charge in [0.15, 0.2) is 0 Å². The van der Waals surface area contributed by atoms with Crippen molar-refractivity contribution in [3.63, 3.8) is 0 Å². The molecule has 7 heteroatoms. The van der Waals surface area contributed by atoms with Crippen LogP contribution in [-0.2, 0) is 10.8 Å². The Bertz CT molecular complexity index is 575. The predicted molar refractivity (Wildman–Crippen MR) is 89.3 cm³/mol. The molecule has 1 aromatic carbocycles. The molecule has 116 valence electrons. The zero-order valence-electron chi connectivity index (χ0n) is 12.2. The highest BCUT2D eigenvalue weighted by atomic mass is 79.9. The summed E-state index contributed by atoms with van der Waals surface area (Å²) in [5.41, 5.74) is 0.712. The van der Waals surface area contributed by atoms with Crippen molar-refractivity contribution in [1.29, 1.82) is 0 Å². The van der Waals surface area contributed by atoms with Gasteiger partial charge in [-0.25, -0.2) is 0 Å². The van der Waals surface area contributed by atoms with Crippen LogP contribution in [0.2, 0.25) is 0 Å². The quantitative estimate of drug-likeness (QED) is 0.597. The summed E-state index contributed by atoms with van der Waals surface area (Å²) in [4.78, 5) is 12.9. The molecule has 0 aromatic heterocycles. The van der Waals surface area contributed by atoms with Gasteiger partial charge in [0.2, 0.25) is 0 Å². The van der Waals surface area contributed by atoms with Crippen molar-refractivity contribution in [1.82, 2.24) is 0 Å². The summed E-state index contributed by atoms with van der Waals surface area (Å²) < 4.78 is 12.8. The number of hydrogen-bond acceptors (Lipinski definition) is 4. The van der Waals surface area contributed by atoms with E-state index >= 15 is 0 Å². The smallest absolute Gasteiger partial charge is 0.293 e. The van der Waals surface area contributed by atoms with E-state index in [1.807, 2.05) is 24.8 Å². The van der Waals surface area contributed by atoms with Gasteiger partial charge in [0.1, 0.15) is 5.69 Å². The number of benzene rings is 1. The van der Waals surface area contributed by atoms with Crippen molar-refractivity contribution in [2.45, 2.75) is 31.4 Å². The predicted octanol–water partition coefficient (Wildman–Crippen LogP) is 3.48. The molecule has 5 nitrogen and oxygen atoms in total. The van der Waals surface area contributed by atoms with Gasteiger partial charge in [0.25, 0.3) is 5.69 Å². The van der Waals surface area contributed by atoms with E-state index < -0.39 is 10.8 Å². The highest BCUT2D eigenvalue weighted by molar-refractivity contribution is 9.10. The molecule has 0 spiro atoms. The van der Waals surface area contributed by atoms with E-state index in [0.717, 1.165) is 12.8 Å². The van der Waals surface area contributed by atoms with Crippen LogP contribution in [-0.4, -0.2) is 32.7 Å². The third kappa shape index (κ3) is 3.13. The molecule has 0 saturated carbocycles. The van der Waals surface area contributed by atoms with Crippen molar-refractivity contribution in [2.75, 3.05) is 23.7 Å². The lowest BCUT2D eigenvalue weighted by Gasteiger charge is -2.42. The molecular formula is C14H19BrN2O3S. The first-order chi connectivity index (χ1) is 9.93. The first-order valence-electron chi connectivity index (χ1n) is 7.01. The van der Waals surface area contributed by atoms with Gasteiger partial charge in [-0.2, -0.15) is 0 Å². The van der Waals surface area contributed by atoms with Crippen LogP contribution in [0.25, 0.3) is 0 Å².